The Labute approximate surface area is 120 Å². The van der Waals surface area contributed by atoms with Crippen molar-refractivity contribution in [2.45, 2.75) is 38.0 Å². The normalized spacial score (nSPS) is 26.1. The first-order valence-corrected chi connectivity index (χ1v) is 7.39. The number of piperidine rings is 1. The van der Waals surface area contributed by atoms with Gasteiger partial charge in [0.05, 0.1) is 12.1 Å². The molecule has 1 N–H and O–H groups in total. The van der Waals surface area contributed by atoms with Gasteiger partial charge in [-0.05, 0) is 30.4 Å². The van der Waals surface area contributed by atoms with Gasteiger partial charge in [0.25, 0.3) is 0 Å². The molecule has 1 aromatic rings. The zero-order valence-corrected chi connectivity index (χ0v) is 12.0. The zero-order chi connectivity index (χ0) is 13.9. The second-order valence-electron chi connectivity index (χ2n) is 5.69. The van der Waals surface area contributed by atoms with Crippen LogP contribution in [0.5, 0.6) is 0 Å². The number of amides is 1. The molecule has 1 aromatic carbocycles. The second-order valence-corrected chi connectivity index (χ2v) is 5.69. The van der Waals surface area contributed by atoms with E-state index in [9.17, 15) is 4.79 Å². The maximum Gasteiger partial charge on any atom is 0.240 e. The van der Waals surface area contributed by atoms with Gasteiger partial charge in [0.1, 0.15) is 0 Å². The lowest BCUT2D eigenvalue weighted by Gasteiger charge is -2.36. The van der Waals surface area contributed by atoms with Crippen LogP contribution in [0, 0.1) is 0 Å². The Balaban J connectivity index is 1.67. The molecule has 2 aliphatic heterocycles. The number of nitrogens with zero attached hydrogens (tertiary/aromatic N) is 1. The van der Waals surface area contributed by atoms with Crippen molar-refractivity contribution in [1.29, 1.82) is 0 Å². The van der Waals surface area contributed by atoms with Gasteiger partial charge in [-0.25, -0.2) is 0 Å². The van der Waals surface area contributed by atoms with Crippen LogP contribution in [0.4, 0.5) is 0 Å². The summed E-state index contributed by atoms with van der Waals surface area (Å²) < 4.78 is 5.40. The first-order chi connectivity index (χ1) is 9.78. The zero-order valence-electron chi connectivity index (χ0n) is 12.0. The van der Waals surface area contributed by atoms with Crippen LogP contribution in [-0.4, -0.2) is 43.2 Å². The molecule has 0 saturated carbocycles. The number of rotatable bonds is 2. The van der Waals surface area contributed by atoms with Gasteiger partial charge in [-0.1, -0.05) is 24.3 Å². The number of ether oxygens (including phenoxy) is 1. The number of carbonyl (C=O) groups is 1. The highest BCUT2D eigenvalue weighted by atomic mass is 16.5. The van der Waals surface area contributed by atoms with E-state index in [4.69, 9.17) is 4.74 Å². The lowest BCUT2D eigenvalue weighted by Crippen LogP contribution is -2.53. The van der Waals surface area contributed by atoms with Crippen molar-refractivity contribution >= 4 is 5.91 Å². The fraction of sp³-hybridized carbons (Fsp3) is 0.562. The van der Waals surface area contributed by atoms with Crippen LogP contribution in [0.1, 0.15) is 24.0 Å². The van der Waals surface area contributed by atoms with E-state index in [1.165, 1.54) is 11.1 Å². The van der Waals surface area contributed by atoms with Crippen LogP contribution in [0.25, 0.3) is 0 Å². The molecule has 0 aliphatic carbocycles. The lowest BCUT2D eigenvalue weighted by atomic mass is 9.94. The van der Waals surface area contributed by atoms with Crippen molar-refractivity contribution in [2.75, 3.05) is 20.2 Å². The van der Waals surface area contributed by atoms with E-state index < -0.39 is 0 Å². The molecule has 1 fully saturated rings. The van der Waals surface area contributed by atoms with Crippen LogP contribution >= 0.6 is 0 Å². The first-order valence-electron chi connectivity index (χ1n) is 7.39. The molecule has 2 heterocycles. The summed E-state index contributed by atoms with van der Waals surface area (Å²) in [6, 6.07) is 8.28. The largest absolute Gasteiger partial charge is 0.380 e. The number of carbonyl (C=O) groups excluding carboxylic acids is 1. The molecule has 4 nitrogen and oxygen atoms in total. The Bertz CT molecular complexity index is 489. The SMILES string of the molecule is COC1CCCN(C(=O)[C@@H]2Cc3ccccc3CN2)C1. The Kier molecular flexibility index (Phi) is 4.03. The van der Waals surface area contributed by atoms with Gasteiger partial charge in [-0.3, -0.25) is 4.79 Å². The molecule has 0 aromatic heterocycles. The van der Waals surface area contributed by atoms with E-state index in [0.29, 0.717) is 0 Å². The highest BCUT2D eigenvalue weighted by Crippen LogP contribution is 2.19. The lowest BCUT2D eigenvalue weighted by molar-refractivity contribution is -0.137. The number of hydrogen-bond donors (Lipinski definition) is 1. The summed E-state index contributed by atoms with van der Waals surface area (Å²) in [5, 5.41) is 3.37. The topological polar surface area (TPSA) is 41.6 Å². The highest BCUT2D eigenvalue weighted by Gasteiger charge is 2.30. The molecular weight excluding hydrogens is 252 g/mol. The molecule has 2 aliphatic rings. The molecule has 108 valence electrons. The van der Waals surface area contributed by atoms with Crippen molar-refractivity contribution in [3.8, 4) is 0 Å². The van der Waals surface area contributed by atoms with Crippen molar-refractivity contribution in [3.63, 3.8) is 0 Å². The molecule has 3 rings (SSSR count). The number of hydrogen-bond acceptors (Lipinski definition) is 3. The van der Waals surface area contributed by atoms with Gasteiger partial charge >= 0.3 is 0 Å². The second kappa shape index (κ2) is 5.94. The predicted octanol–water partition coefficient (Wildman–Crippen LogP) is 1.34. The number of fused-ring (bicyclic) bond motifs is 1. The summed E-state index contributed by atoms with van der Waals surface area (Å²) in [6.45, 7) is 2.38. The number of likely N-dealkylation sites (tertiary alicyclic amines) is 1. The van der Waals surface area contributed by atoms with Crippen LogP contribution in [0.15, 0.2) is 24.3 Å². The Morgan fingerprint density at radius 3 is 2.95 bits per heavy atom. The van der Waals surface area contributed by atoms with Crippen molar-refractivity contribution in [2.24, 2.45) is 0 Å². The third-order valence-electron chi connectivity index (χ3n) is 4.40. The number of benzene rings is 1. The van der Waals surface area contributed by atoms with Crippen molar-refractivity contribution in [1.82, 2.24) is 10.2 Å². The molecular formula is C16H22N2O2. The van der Waals surface area contributed by atoms with Crippen LogP contribution < -0.4 is 5.32 Å². The quantitative estimate of drug-likeness (QED) is 0.885. The fourth-order valence-corrected chi connectivity index (χ4v) is 3.18. The van der Waals surface area contributed by atoms with E-state index in [0.717, 1.165) is 38.9 Å². The molecule has 20 heavy (non-hydrogen) atoms. The highest BCUT2D eigenvalue weighted by molar-refractivity contribution is 5.82. The van der Waals surface area contributed by atoms with Crippen LogP contribution in [0.3, 0.4) is 0 Å². The Hall–Kier alpha value is -1.39. The van der Waals surface area contributed by atoms with Gasteiger partial charge < -0.3 is 15.0 Å². The minimum absolute atomic E-state index is 0.0829. The van der Waals surface area contributed by atoms with Gasteiger partial charge in [-0.2, -0.15) is 0 Å². The minimum Gasteiger partial charge on any atom is -0.380 e. The van der Waals surface area contributed by atoms with Crippen LogP contribution in [0.2, 0.25) is 0 Å². The summed E-state index contributed by atoms with van der Waals surface area (Å²) in [7, 11) is 1.73. The number of nitrogens with one attached hydrogen (secondary N) is 1. The molecule has 0 bridgehead atoms. The van der Waals surface area contributed by atoms with Gasteiger partial charge in [0, 0.05) is 26.7 Å². The average molecular weight is 274 g/mol. The molecule has 1 amide bonds. The molecule has 0 radical (unpaired) electrons. The Morgan fingerprint density at radius 1 is 1.35 bits per heavy atom. The average Bonchev–Trinajstić information content (AvgIpc) is 2.53. The van der Waals surface area contributed by atoms with Crippen molar-refractivity contribution < 1.29 is 9.53 Å². The van der Waals surface area contributed by atoms with E-state index >= 15 is 0 Å². The third kappa shape index (κ3) is 2.72. The van der Waals surface area contributed by atoms with Crippen molar-refractivity contribution in [3.05, 3.63) is 35.4 Å². The van der Waals surface area contributed by atoms with E-state index in [1.807, 2.05) is 11.0 Å². The third-order valence-corrected chi connectivity index (χ3v) is 4.40. The fourth-order valence-electron chi connectivity index (χ4n) is 3.18. The maximum absolute atomic E-state index is 12.6. The van der Waals surface area contributed by atoms with Gasteiger partial charge in [-0.15, -0.1) is 0 Å². The molecule has 2 atom stereocenters. The monoisotopic (exact) mass is 274 g/mol. The Morgan fingerprint density at radius 2 is 2.15 bits per heavy atom. The summed E-state index contributed by atoms with van der Waals surface area (Å²) in [5.74, 6) is 0.223. The molecule has 1 saturated heterocycles. The van der Waals surface area contributed by atoms with E-state index in [2.05, 4.69) is 23.5 Å². The first kappa shape index (κ1) is 13.6. The summed E-state index contributed by atoms with van der Waals surface area (Å²) in [6.07, 6.45) is 3.08. The summed E-state index contributed by atoms with van der Waals surface area (Å²) >= 11 is 0. The summed E-state index contributed by atoms with van der Waals surface area (Å²) in [5.41, 5.74) is 2.61. The van der Waals surface area contributed by atoms with E-state index in [-0.39, 0.29) is 18.1 Å². The molecule has 1 unspecified atom stereocenters. The smallest absolute Gasteiger partial charge is 0.240 e. The maximum atomic E-state index is 12.6. The standard InChI is InChI=1S/C16H22N2O2/c1-20-14-7-4-8-18(11-14)16(19)15-9-12-5-2-3-6-13(12)10-17-15/h2-3,5-6,14-15,17H,4,7-11H2,1H3/t14?,15-/m0/s1. The predicted molar refractivity (Wildman–Crippen MR) is 77.4 cm³/mol. The number of methoxy groups -OCH3 is 1. The molecule has 4 heteroatoms. The summed E-state index contributed by atoms with van der Waals surface area (Å²) in [4.78, 5) is 14.6. The van der Waals surface area contributed by atoms with Gasteiger partial charge in [0.2, 0.25) is 5.91 Å². The van der Waals surface area contributed by atoms with Crippen LogP contribution in [-0.2, 0) is 22.5 Å². The van der Waals surface area contributed by atoms with E-state index in [1.54, 1.807) is 7.11 Å². The molecule has 0 spiro atoms. The van der Waals surface area contributed by atoms with Gasteiger partial charge in [0.15, 0.2) is 0 Å². The minimum atomic E-state index is -0.0829.